The van der Waals surface area contributed by atoms with Crippen LogP contribution in [0.1, 0.15) is 56.6 Å². The second-order valence-electron chi connectivity index (χ2n) is 5.15. The van der Waals surface area contributed by atoms with Gasteiger partial charge >= 0.3 is 0 Å². The highest BCUT2D eigenvalue weighted by atomic mass is 32.1. The number of hydrogen-bond donors (Lipinski definition) is 0. The minimum Gasteiger partial charge on any atom is -0.142 e. The molecular weight excluding hydrogens is 268 g/mol. The molecule has 1 aliphatic carbocycles. The second kappa shape index (κ2) is 6.06. The molecule has 0 spiro atoms. The molecule has 0 bridgehead atoms. The zero-order chi connectivity index (χ0) is 13.1. The molecule has 2 heterocycles. The fraction of sp³-hybridized carbons (Fsp3) is 0.412. The molecular formula is C17H20S2. The molecule has 0 saturated carbocycles. The summed E-state index contributed by atoms with van der Waals surface area (Å²) in [6, 6.07) is 4.57. The van der Waals surface area contributed by atoms with Crippen molar-refractivity contribution in [2.45, 2.75) is 45.4 Å². The molecule has 19 heavy (non-hydrogen) atoms. The van der Waals surface area contributed by atoms with E-state index in [-0.39, 0.29) is 0 Å². The summed E-state index contributed by atoms with van der Waals surface area (Å²) < 4.78 is 0. The number of thiophene rings is 2. The van der Waals surface area contributed by atoms with Gasteiger partial charge in [0.15, 0.2) is 0 Å². The van der Waals surface area contributed by atoms with Gasteiger partial charge in [-0.05, 0) is 41.3 Å². The van der Waals surface area contributed by atoms with Crippen LogP contribution in [0.25, 0.3) is 15.3 Å². The number of unbranched alkanes of at least 4 members (excludes halogenated alkanes) is 5. The number of rotatable bonds is 6. The minimum atomic E-state index is 1.23. The Kier molecular flexibility index (Phi) is 4.19. The Bertz CT molecular complexity index is 529. The van der Waals surface area contributed by atoms with Crippen molar-refractivity contribution < 1.29 is 0 Å². The molecule has 3 rings (SSSR count). The van der Waals surface area contributed by atoms with Gasteiger partial charge in [-0.3, -0.25) is 0 Å². The molecule has 2 aromatic heterocycles. The first-order valence-electron chi connectivity index (χ1n) is 7.28. The van der Waals surface area contributed by atoms with E-state index in [0.29, 0.717) is 0 Å². The highest BCUT2D eigenvalue weighted by Gasteiger charge is 2.25. The first-order chi connectivity index (χ1) is 9.42. The summed E-state index contributed by atoms with van der Waals surface area (Å²) in [5.74, 6) is 0. The van der Waals surface area contributed by atoms with Crippen molar-refractivity contribution >= 4 is 28.2 Å². The highest BCUT2D eigenvalue weighted by molar-refractivity contribution is 7.21. The van der Waals surface area contributed by atoms with Crippen LogP contribution in [0, 0.1) is 0 Å². The van der Waals surface area contributed by atoms with Gasteiger partial charge in [-0.25, -0.2) is 0 Å². The van der Waals surface area contributed by atoms with Crippen molar-refractivity contribution in [3.63, 3.8) is 0 Å². The number of fused-ring (bicyclic) bond motifs is 3. The summed E-state index contributed by atoms with van der Waals surface area (Å²) in [7, 11) is 0. The lowest BCUT2D eigenvalue weighted by Crippen LogP contribution is -1.80. The van der Waals surface area contributed by atoms with Crippen molar-refractivity contribution in [2.75, 3.05) is 0 Å². The molecule has 2 aromatic rings. The largest absolute Gasteiger partial charge is 0.142 e. The average molecular weight is 288 g/mol. The molecule has 0 amide bonds. The van der Waals surface area contributed by atoms with Crippen LogP contribution in [0.5, 0.6) is 0 Å². The second-order valence-corrected chi connectivity index (χ2v) is 6.98. The van der Waals surface area contributed by atoms with E-state index in [0.717, 1.165) is 0 Å². The standard InChI is InChI=1S/C17H20S2/c1-2-3-4-5-6-7-8-13-14-9-11-18-16(14)17-15(13)10-12-19-17/h8-12H,2-7H2,1H3. The van der Waals surface area contributed by atoms with Crippen LogP contribution in [0.3, 0.4) is 0 Å². The first kappa shape index (κ1) is 13.1. The molecule has 0 fully saturated rings. The Morgan fingerprint density at radius 3 is 2.16 bits per heavy atom. The fourth-order valence-electron chi connectivity index (χ4n) is 2.75. The molecule has 0 aromatic carbocycles. The molecule has 1 aliphatic rings. The zero-order valence-electron chi connectivity index (χ0n) is 11.4. The van der Waals surface area contributed by atoms with Gasteiger partial charge in [-0.1, -0.05) is 38.7 Å². The predicted molar refractivity (Wildman–Crippen MR) is 88.1 cm³/mol. The topological polar surface area (TPSA) is 0 Å². The summed E-state index contributed by atoms with van der Waals surface area (Å²) in [6.45, 7) is 2.27. The van der Waals surface area contributed by atoms with Crippen LogP contribution >= 0.6 is 22.7 Å². The lowest BCUT2D eigenvalue weighted by atomic mass is 10.0. The van der Waals surface area contributed by atoms with Gasteiger partial charge in [-0.2, -0.15) is 0 Å². The van der Waals surface area contributed by atoms with Gasteiger partial charge in [0.05, 0.1) is 9.75 Å². The molecule has 100 valence electrons. The Morgan fingerprint density at radius 1 is 0.895 bits per heavy atom. The van der Waals surface area contributed by atoms with E-state index in [1.165, 1.54) is 65.0 Å². The fourth-order valence-corrected chi connectivity index (χ4v) is 4.77. The Balaban J connectivity index is 1.69. The van der Waals surface area contributed by atoms with Crippen molar-refractivity contribution in [1.82, 2.24) is 0 Å². The molecule has 0 saturated heterocycles. The maximum Gasteiger partial charge on any atom is 0.0527 e. The minimum absolute atomic E-state index is 1.23. The first-order valence-corrected chi connectivity index (χ1v) is 9.04. The Labute approximate surface area is 123 Å². The van der Waals surface area contributed by atoms with Gasteiger partial charge in [0.2, 0.25) is 0 Å². The molecule has 0 aliphatic heterocycles. The predicted octanol–water partition coefficient (Wildman–Crippen LogP) is 6.58. The SMILES string of the molecule is CCCCCCCC=C1c2ccsc2-c2sccc21. The van der Waals surface area contributed by atoms with E-state index >= 15 is 0 Å². The lowest BCUT2D eigenvalue weighted by Gasteiger charge is -2.00. The summed E-state index contributed by atoms with van der Waals surface area (Å²) in [5, 5.41) is 4.45. The summed E-state index contributed by atoms with van der Waals surface area (Å²) in [4.78, 5) is 2.98. The van der Waals surface area contributed by atoms with Crippen LogP contribution in [0.4, 0.5) is 0 Å². The third kappa shape index (κ3) is 2.56. The summed E-state index contributed by atoms with van der Waals surface area (Å²) in [6.07, 6.45) is 10.5. The van der Waals surface area contributed by atoms with E-state index < -0.39 is 0 Å². The number of allylic oxidation sites excluding steroid dienone is 1. The van der Waals surface area contributed by atoms with E-state index in [9.17, 15) is 0 Å². The quantitative estimate of drug-likeness (QED) is 0.449. The normalized spacial score (nSPS) is 12.6. The maximum absolute atomic E-state index is 2.47. The van der Waals surface area contributed by atoms with E-state index in [2.05, 4.69) is 35.9 Å². The molecule has 0 unspecified atom stereocenters. The molecule has 0 nitrogen and oxygen atoms in total. The highest BCUT2D eigenvalue weighted by Crippen LogP contribution is 2.49. The van der Waals surface area contributed by atoms with Gasteiger partial charge in [0, 0.05) is 11.1 Å². The van der Waals surface area contributed by atoms with Crippen molar-refractivity contribution in [2.24, 2.45) is 0 Å². The van der Waals surface area contributed by atoms with E-state index in [1.54, 1.807) is 0 Å². The van der Waals surface area contributed by atoms with Crippen LogP contribution in [-0.4, -0.2) is 0 Å². The molecule has 2 heteroatoms. The maximum atomic E-state index is 2.47. The third-order valence-corrected chi connectivity index (χ3v) is 5.77. The van der Waals surface area contributed by atoms with Gasteiger partial charge < -0.3 is 0 Å². The molecule has 0 N–H and O–H groups in total. The lowest BCUT2D eigenvalue weighted by molar-refractivity contribution is 0.638. The van der Waals surface area contributed by atoms with E-state index in [4.69, 9.17) is 0 Å². The van der Waals surface area contributed by atoms with Crippen LogP contribution in [0.15, 0.2) is 29.0 Å². The van der Waals surface area contributed by atoms with Crippen LogP contribution < -0.4 is 0 Å². The van der Waals surface area contributed by atoms with Crippen molar-refractivity contribution in [3.05, 3.63) is 40.1 Å². The summed E-state index contributed by atoms with van der Waals surface area (Å²) in [5.41, 5.74) is 4.43. The van der Waals surface area contributed by atoms with Gasteiger partial charge in [0.25, 0.3) is 0 Å². The Hall–Kier alpha value is -0.860. The van der Waals surface area contributed by atoms with E-state index in [1.807, 2.05) is 22.7 Å². The van der Waals surface area contributed by atoms with Gasteiger partial charge in [0.1, 0.15) is 0 Å². The summed E-state index contributed by atoms with van der Waals surface area (Å²) >= 11 is 3.77. The zero-order valence-corrected chi connectivity index (χ0v) is 13.1. The third-order valence-electron chi connectivity index (χ3n) is 3.77. The van der Waals surface area contributed by atoms with Gasteiger partial charge in [-0.15, -0.1) is 22.7 Å². The van der Waals surface area contributed by atoms with Crippen molar-refractivity contribution in [3.8, 4) is 9.75 Å². The monoisotopic (exact) mass is 288 g/mol. The number of hydrogen-bond acceptors (Lipinski definition) is 2. The van der Waals surface area contributed by atoms with Crippen LogP contribution in [-0.2, 0) is 0 Å². The molecule has 0 atom stereocenters. The van der Waals surface area contributed by atoms with Crippen LogP contribution in [0.2, 0.25) is 0 Å². The van der Waals surface area contributed by atoms with Crippen molar-refractivity contribution in [1.29, 1.82) is 0 Å². The molecule has 0 radical (unpaired) electrons. The Morgan fingerprint density at radius 2 is 1.53 bits per heavy atom. The smallest absolute Gasteiger partial charge is 0.0527 e. The average Bonchev–Trinajstić information content (AvgIpc) is 3.09.